The van der Waals surface area contributed by atoms with E-state index in [-0.39, 0.29) is 21.8 Å². The van der Waals surface area contributed by atoms with Crippen molar-refractivity contribution in [2.24, 2.45) is 0 Å². The fourth-order valence-electron chi connectivity index (χ4n) is 3.28. The van der Waals surface area contributed by atoms with Crippen molar-refractivity contribution in [3.05, 3.63) is 95.8 Å². The van der Waals surface area contributed by atoms with Gasteiger partial charge in [0.2, 0.25) is 0 Å². The number of benzene rings is 4. The Morgan fingerprint density at radius 1 is 0.639 bits per heavy atom. The highest BCUT2D eigenvalue weighted by molar-refractivity contribution is 8.02. The summed E-state index contributed by atoms with van der Waals surface area (Å²) in [6.07, 6.45) is 0. The van der Waals surface area contributed by atoms with Gasteiger partial charge < -0.3 is 14.2 Å². The van der Waals surface area contributed by atoms with Crippen molar-refractivity contribution in [2.75, 3.05) is 14.2 Å². The summed E-state index contributed by atoms with van der Waals surface area (Å²) < 4.78 is 32.4. The summed E-state index contributed by atoms with van der Waals surface area (Å²) in [6, 6.07) is 27.1. The largest absolute Gasteiger partial charge is 0.497 e. The van der Waals surface area contributed by atoms with Crippen molar-refractivity contribution in [2.45, 2.75) is 19.6 Å². The van der Waals surface area contributed by atoms with Crippen LogP contribution in [0.5, 0.6) is 23.0 Å². The number of hydrogen-bond donors (Lipinski definition) is 0. The van der Waals surface area contributed by atoms with Crippen LogP contribution in [0.2, 0.25) is 0 Å². The number of hydrogen-bond acceptors (Lipinski definition) is 7. The van der Waals surface area contributed by atoms with Gasteiger partial charge in [0.1, 0.15) is 40.5 Å². The minimum absolute atomic E-state index is 0.124. The van der Waals surface area contributed by atoms with E-state index in [9.17, 15) is 10.5 Å². The third-order valence-electron chi connectivity index (χ3n) is 5.05. The topological polar surface area (TPSA) is 75.3 Å². The van der Waals surface area contributed by atoms with Crippen molar-refractivity contribution in [3.8, 4) is 35.1 Å². The Morgan fingerprint density at radius 3 is 1.61 bits per heavy atom. The Morgan fingerprint density at radius 2 is 1.14 bits per heavy atom. The molecule has 36 heavy (non-hydrogen) atoms. The molecule has 8 heteroatoms. The maximum absolute atomic E-state index is 15.8. The van der Waals surface area contributed by atoms with E-state index in [4.69, 9.17) is 14.2 Å². The van der Waals surface area contributed by atoms with E-state index in [1.54, 1.807) is 74.9 Å². The van der Waals surface area contributed by atoms with E-state index in [0.29, 0.717) is 22.1 Å². The van der Waals surface area contributed by atoms with E-state index in [1.807, 2.05) is 30.3 Å². The standard InChI is InChI=1S/C28H19FN2O3S2/c1-32-18-8-12-21(13-9-18)35-27-25(29)23(16-30)24(17-31)26(34-20-6-4-3-5-7-20)28(27)36-22-14-10-19(33-2)11-15-22/h3-15H,1-2H3. The van der Waals surface area contributed by atoms with Crippen LogP contribution >= 0.6 is 23.5 Å². The summed E-state index contributed by atoms with van der Waals surface area (Å²) in [5.41, 5.74) is -0.521. The molecule has 0 atom stereocenters. The fraction of sp³-hybridized carbons (Fsp3) is 0.0714. The zero-order chi connectivity index (χ0) is 25.5. The summed E-state index contributed by atoms with van der Waals surface area (Å²) in [5.74, 6) is 1.15. The number of methoxy groups -OCH3 is 2. The van der Waals surface area contributed by atoms with Gasteiger partial charge in [-0.2, -0.15) is 10.5 Å². The van der Waals surface area contributed by atoms with Crippen LogP contribution in [0, 0.1) is 28.5 Å². The molecule has 0 bridgehead atoms. The molecule has 0 aliphatic heterocycles. The van der Waals surface area contributed by atoms with Gasteiger partial charge in [0.25, 0.3) is 0 Å². The van der Waals surface area contributed by atoms with Crippen molar-refractivity contribution in [1.29, 1.82) is 10.5 Å². The summed E-state index contributed by atoms with van der Waals surface area (Å²) in [7, 11) is 3.14. The molecule has 0 spiro atoms. The van der Waals surface area contributed by atoms with Gasteiger partial charge in [0.15, 0.2) is 11.6 Å². The monoisotopic (exact) mass is 514 g/mol. The van der Waals surface area contributed by atoms with Crippen LogP contribution < -0.4 is 14.2 Å². The lowest BCUT2D eigenvalue weighted by Crippen LogP contribution is -2.01. The van der Waals surface area contributed by atoms with E-state index in [1.165, 1.54) is 11.8 Å². The summed E-state index contributed by atoms with van der Waals surface area (Å²) in [6.45, 7) is 0. The van der Waals surface area contributed by atoms with Crippen LogP contribution in [0.1, 0.15) is 11.1 Å². The second kappa shape index (κ2) is 11.5. The van der Waals surface area contributed by atoms with Gasteiger partial charge >= 0.3 is 0 Å². The molecule has 0 amide bonds. The first-order valence-electron chi connectivity index (χ1n) is 10.6. The first kappa shape index (κ1) is 25.0. The zero-order valence-corrected chi connectivity index (χ0v) is 21.0. The predicted molar refractivity (Wildman–Crippen MR) is 137 cm³/mol. The highest BCUT2D eigenvalue weighted by Crippen LogP contribution is 2.49. The van der Waals surface area contributed by atoms with Gasteiger partial charge in [-0.05, 0) is 60.7 Å². The number of nitrogens with zero attached hydrogens (tertiary/aromatic N) is 2. The number of ether oxygens (including phenoxy) is 3. The first-order valence-corrected chi connectivity index (χ1v) is 12.3. The molecule has 4 aromatic carbocycles. The normalized spacial score (nSPS) is 10.2. The number of nitriles is 2. The fourth-order valence-corrected chi connectivity index (χ4v) is 5.34. The number of para-hydroxylation sites is 1. The number of rotatable bonds is 8. The van der Waals surface area contributed by atoms with Gasteiger partial charge in [0.05, 0.1) is 24.0 Å². The average molecular weight is 515 g/mol. The summed E-state index contributed by atoms with van der Waals surface area (Å²) in [5, 5.41) is 19.7. The molecule has 0 heterocycles. The Balaban J connectivity index is 1.92. The summed E-state index contributed by atoms with van der Waals surface area (Å²) >= 11 is 2.39. The smallest absolute Gasteiger partial charge is 0.161 e. The first-order chi connectivity index (χ1) is 17.6. The van der Waals surface area contributed by atoms with Crippen LogP contribution in [-0.2, 0) is 0 Å². The Labute approximate surface area is 217 Å². The molecule has 0 saturated carbocycles. The molecule has 0 fully saturated rings. The maximum Gasteiger partial charge on any atom is 0.161 e. The summed E-state index contributed by atoms with van der Waals surface area (Å²) in [4.78, 5) is 2.07. The molecule has 178 valence electrons. The van der Waals surface area contributed by atoms with Gasteiger partial charge in [-0.25, -0.2) is 4.39 Å². The molecule has 0 aromatic heterocycles. The third kappa shape index (κ3) is 5.41. The van der Waals surface area contributed by atoms with E-state index >= 15 is 4.39 Å². The lowest BCUT2D eigenvalue weighted by molar-refractivity contribution is 0.414. The maximum atomic E-state index is 15.8. The lowest BCUT2D eigenvalue weighted by Gasteiger charge is -2.19. The third-order valence-corrected chi connectivity index (χ3v) is 7.38. The Hall–Kier alpha value is -4.11. The molecule has 5 nitrogen and oxygen atoms in total. The van der Waals surface area contributed by atoms with Crippen molar-refractivity contribution in [1.82, 2.24) is 0 Å². The molecular formula is C28H19FN2O3S2. The molecule has 4 rings (SSSR count). The Kier molecular flexibility index (Phi) is 8.02. The highest BCUT2D eigenvalue weighted by atomic mass is 32.2. The quantitative estimate of drug-likeness (QED) is 0.239. The highest BCUT2D eigenvalue weighted by Gasteiger charge is 2.28. The van der Waals surface area contributed by atoms with Gasteiger partial charge in [-0.3, -0.25) is 0 Å². The SMILES string of the molecule is COc1ccc(Sc2c(F)c(C#N)c(C#N)c(Oc3ccccc3)c2Sc2ccc(OC)cc2)cc1. The van der Waals surface area contributed by atoms with Crippen LogP contribution in [0.25, 0.3) is 0 Å². The van der Waals surface area contributed by atoms with Crippen molar-refractivity contribution >= 4 is 23.5 Å². The van der Waals surface area contributed by atoms with E-state index in [2.05, 4.69) is 0 Å². The molecule has 0 saturated heterocycles. The van der Waals surface area contributed by atoms with Crippen molar-refractivity contribution < 1.29 is 18.6 Å². The Bertz CT molecular complexity index is 1450. The molecule has 0 aliphatic rings. The van der Waals surface area contributed by atoms with Gasteiger partial charge in [-0.1, -0.05) is 41.7 Å². The molecular weight excluding hydrogens is 495 g/mol. The minimum atomic E-state index is -0.772. The average Bonchev–Trinajstić information content (AvgIpc) is 2.93. The molecule has 0 radical (unpaired) electrons. The van der Waals surface area contributed by atoms with Gasteiger partial charge in [-0.15, -0.1) is 0 Å². The predicted octanol–water partition coefficient (Wildman–Crippen LogP) is 7.68. The van der Waals surface area contributed by atoms with Crippen LogP contribution in [0.3, 0.4) is 0 Å². The molecule has 0 aliphatic carbocycles. The van der Waals surface area contributed by atoms with Crippen LogP contribution in [0.4, 0.5) is 4.39 Å². The number of halogens is 1. The zero-order valence-electron chi connectivity index (χ0n) is 19.3. The van der Waals surface area contributed by atoms with Crippen molar-refractivity contribution in [3.63, 3.8) is 0 Å². The molecule has 0 unspecified atom stereocenters. The molecule has 0 N–H and O–H groups in total. The minimum Gasteiger partial charge on any atom is -0.497 e. The van der Waals surface area contributed by atoms with E-state index < -0.39 is 5.82 Å². The van der Waals surface area contributed by atoms with E-state index in [0.717, 1.165) is 21.6 Å². The lowest BCUT2D eigenvalue weighted by atomic mass is 10.1. The van der Waals surface area contributed by atoms with Crippen LogP contribution in [0.15, 0.2) is 98.4 Å². The molecule has 4 aromatic rings. The van der Waals surface area contributed by atoms with Crippen LogP contribution in [-0.4, -0.2) is 14.2 Å². The second-order valence-corrected chi connectivity index (χ2v) is 9.41. The second-order valence-electron chi connectivity index (χ2n) is 7.25. The van der Waals surface area contributed by atoms with Gasteiger partial charge in [0, 0.05) is 9.79 Å².